The maximum Gasteiger partial charge on any atom is 0.276 e. The third kappa shape index (κ3) is 2.96. The summed E-state index contributed by atoms with van der Waals surface area (Å²) < 4.78 is 7.36. The van der Waals surface area contributed by atoms with E-state index < -0.39 is 0 Å². The predicted octanol–water partition coefficient (Wildman–Crippen LogP) is 1.41. The number of carbonyl (C=O) groups excluding carboxylic acids is 1. The molecule has 2 fully saturated rings. The molecule has 1 saturated carbocycles. The number of hydrogen-bond acceptors (Lipinski definition) is 6. The molecule has 0 aromatic carbocycles. The van der Waals surface area contributed by atoms with E-state index >= 15 is 0 Å². The minimum absolute atomic E-state index is 0.264. The van der Waals surface area contributed by atoms with Gasteiger partial charge in [0.25, 0.3) is 5.91 Å². The Bertz CT molecular complexity index is 749. The third-order valence-corrected chi connectivity index (χ3v) is 4.36. The van der Waals surface area contributed by atoms with Crippen LogP contribution in [-0.4, -0.2) is 52.0 Å². The summed E-state index contributed by atoms with van der Waals surface area (Å²) in [5, 5.41) is 11.0. The average molecular weight is 328 g/mol. The van der Waals surface area contributed by atoms with E-state index in [2.05, 4.69) is 25.4 Å². The van der Waals surface area contributed by atoms with Gasteiger partial charge in [-0.05, 0) is 31.9 Å². The zero-order chi connectivity index (χ0) is 16.5. The molecule has 24 heavy (non-hydrogen) atoms. The highest BCUT2D eigenvalue weighted by molar-refractivity contribution is 6.02. The standard InChI is InChI=1S/C16H20N6O2/c1-11-19-20-16(22(11)12-2-3-12)18-15(23)14-10-13(4-5-17-14)21-6-8-24-9-7-21/h4-5,10,12H,2-3,6-9H2,1H3,(H,18,20,23). The lowest BCUT2D eigenvalue weighted by atomic mass is 10.2. The van der Waals surface area contributed by atoms with Crippen LogP contribution in [0, 0.1) is 6.92 Å². The molecule has 8 heteroatoms. The van der Waals surface area contributed by atoms with E-state index in [-0.39, 0.29) is 5.91 Å². The number of hydrogen-bond donors (Lipinski definition) is 1. The van der Waals surface area contributed by atoms with Gasteiger partial charge in [-0.25, -0.2) is 0 Å². The molecule has 0 atom stereocenters. The molecule has 1 aliphatic carbocycles. The first-order valence-corrected chi connectivity index (χ1v) is 8.24. The number of nitrogens with one attached hydrogen (secondary N) is 1. The molecule has 4 rings (SSSR count). The fourth-order valence-corrected chi connectivity index (χ4v) is 2.95. The monoisotopic (exact) mass is 328 g/mol. The quantitative estimate of drug-likeness (QED) is 0.913. The SMILES string of the molecule is Cc1nnc(NC(=O)c2cc(N3CCOCC3)ccn2)n1C1CC1. The minimum atomic E-state index is -0.264. The van der Waals surface area contributed by atoms with E-state index in [0.29, 0.717) is 30.9 Å². The van der Waals surface area contributed by atoms with Crippen LogP contribution in [0.1, 0.15) is 35.2 Å². The first-order chi connectivity index (χ1) is 11.7. The first kappa shape index (κ1) is 15.1. The van der Waals surface area contributed by atoms with Crippen LogP contribution >= 0.6 is 0 Å². The minimum Gasteiger partial charge on any atom is -0.378 e. The number of rotatable bonds is 4. The van der Waals surface area contributed by atoms with E-state index in [0.717, 1.165) is 37.4 Å². The largest absolute Gasteiger partial charge is 0.378 e. The Labute approximate surface area is 139 Å². The molecular formula is C16H20N6O2. The van der Waals surface area contributed by atoms with Crippen LogP contribution in [0.5, 0.6) is 0 Å². The summed E-state index contributed by atoms with van der Waals surface area (Å²) in [6, 6.07) is 4.13. The Morgan fingerprint density at radius 1 is 1.29 bits per heavy atom. The van der Waals surface area contributed by atoms with Gasteiger partial charge in [-0.1, -0.05) is 0 Å². The Balaban J connectivity index is 1.52. The van der Waals surface area contributed by atoms with Crippen LogP contribution in [-0.2, 0) is 4.74 Å². The van der Waals surface area contributed by atoms with Crippen molar-refractivity contribution in [2.45, 2.75) is 25.8 Å². The lowest BCUT2D eigenvalue weighted by molar-refractivity contribution is 0.102. The van der Waals surface area contributed by atoms with Crippen LogP contribution in [0.2, 0.25) is 0 Å². The number of carbonyl (C=O) groups is 1. The first-order valence-electron chi connectivity index (χ1n) is 8.24. The topological polar surface area (TPSA) is 85.2 Å². The average Bonchev–Trinajstić information content (AvgIpc) is 3.39. The van der Waals surface area contributed by atoms with Gasteiger partial charge in [-0.15, -0.1) is 10.2 Å². The van der Waals surface area contributed by atoms with E-state index in [9.17, 15) is 4.79 Å². The number of aromatic nitrogens is 4. The third-order valence-electron chi connectivity index (χ3n) is 4.36. The fourth-order valence-electron chi connectivity index (χ4n) is 2.95. The second kappa shape index (κ2) is 6.20. The summed E-state index contributed by atoms with van der Waals surface area (Å²) >= 11 is 0. The molecule has 1 aliphatic heterocycles. The lowest BCUT2D eigenvalue weighted by Gasteiger charge is -2.28. The van der Waals surface area contributed by atoms with Gasteiger partial charge in [0.1, 0.15) is 11.5 Å². The van der Waals surface area contributed by atoms with Crippen LogP contribution in [0.4, 0.5) is 11.6 Å². The number of amides is 1. The molecule has 0 bridgehead atoms. The van der Waals surface area contributed by atoms with Crippen molar-refractivity contribution in [3.63, 3.8) is 0 Å². The molecule has 2 aliphatic rings. The molecular weight excluding hydrogens is 308 g/mol. The van der Waals surface area contributed by atoms with Crippen molar-refractivity contribution < 1.29 is 9.53 Å². The Hall–Kier alpha value is -2.48. The van der Waals surface area contributed by atoms with Crippen LogP contribution in [0.3, 0.4) is 0 Å². The van der Waals surface area contributed by atoms with Crippen molar-refractivity contribution in [3.8, 4) is 0 Å². The van der Waals surface area contributed by atoms with Gasteiger partial charge in [-0.2, -0.15) is 0 Å². The smallest absolute Gasteiger partial charge is 0.276 e. The Morgan fingerprint density at radius 2 is 2.08 bits per heavy atom. The number of pyridine rings is 1. The van der Waals surface area contributed by atoms with E-state index in [1.54, 1.807) is 6.20 Å². The molecule has 8 nitrogen and oxygen atoms in total. The van der Waals surface area contributed by atoms with Crippen molar-refractivity contribution >= 4 is 17.5 Å². The molecule has 2 aromatic rings. The van der Waals surface area contributed by atoms with Crippen molar-refractivity contribution in [1.29, 1.82) is 0 Å². The summed E-state index contributed by atoms with van der Waals surface area (Å²) in [7, 11) is 0. The maximum absolute atomic E-state index is 12.6. The van der Waals surface area contributed by atoms with Gasteiger partial charge in [0.15, 0.2) is 0 Å². The molecule has 1 N–H and O–H groups in total. The molecule has 1 amide bonds. The second-order valence-electron chi connectivity index (χ2n) is 6.12. The number of anilines is 2. The van der Waals surface area contributed by atoms with Crippen LogP contribution < -0.4 is 10.2 Å². The second-order valence-corrected chi connectivity index (χ2v) is 6.12. The number of aryl methyl sites for hydroxylation is 1. The van der Waals surface area contributed by atoms with Gasteiger partial charge in [0.05, 0.1) is 13.2 Å². The molecule has 2 aromatic heterocycles. The van der Waals surface area contributed by atoms with Crippen LogP contribution in [0.15, 0.2) is 18.3 Å². The molecule has 0 radical (unpaired) electrons. The lowest BCUT2D eigenvalue weighted by Crippen LogP contribution is -2.36. The predicted molar refractivity (Wildman–Crippen MR) is 88.3 cm³/mol. The van der Waals surface area contributed by atoms with Crippen molar-refractivity contribution in [2.24, 2.45) is 0 Å². The molecule has 126 valence electrons. The summed E-state index contributed by atoms with van der Waals surface area (Å²) in [4.78, 5) is 18.9. The summed E-state index contributed by atoms with van der Waals surface area (Å²) in [6.45, 7) is 4.94. The summed E-state index contributed by atoms with van der Waals surface area (Å²) in [5.41, 5.74) is 1.36. The number of morpholine rings is 1. The van der Waals surface area contributed by atoms with Crippen molar-refractivity contribution in [2.75, 3.05) is 36.5 Å². The van der Waals surface area contributed by atoms with Gasteiger partial charge in [0.2, 0.25) is 5.95 Å². The highest BCUT2D eigenvalue weighted by Gasteiger charge is 2.29. The maximum atomic E-state index is 12.6. The van der Waals surface area contributed by atoms with Gasteiger partial charge >= 0.3 is 0 Å². The zero-order valence-electron chi connectivity index (χ0n) is 13.6. The molecule has 1 saturated heterocycles. The highest BCUT2D eigenvalue weighted by Crippen LogP contribution is 2.37. The van der Waals surface area contributed by atoms with Crippen LogP contribution in [0.25, 0.3) is 0 Å². The highest BCUT2D eigenvalue weighted by atomic mass is 16.5. The molecule has 0 spiro atoms. The molecule has 3 heterocycles. The van der Waals surface area contributed by atoms with E-state index in [1.807, 2.05) is 23.6 Å². The zero-order valence-corrected chi connectivity index (χ0v) is 13.6. The van der Waals surface area contributed by atoms with Gasteiger partial charge in [0, 0.05) is 31.0 Å². The van der Waals surface area contributed by atoms with Gasteiger partial charge < -0.3 is 9.64 Å². The van der Waals surface area contributed by atoms with E-state index in [4.69, 9.17) is 4.74 Å². The Morgan fingerprint density at radius 3 is 2.83 bits per heavy atom. The Kier molecular flexibility index (Phi) is 3.89. The normalized spacial score (nSPS) is 17.8. The van der Waals surface area contributed by atoms with Gasteiger partial charge in [-0.3, -0.25) is 19.7 Å². The van der Waals surface area contributed by atoms with Crippen molar-refractivity contribution in [3.05, 3.63) is 29.8 Å². The molecule has 0 unspecified atom stereocenters. The fraction of sp³-hybridized carbons (Fsp3) is 0.500. The summed E-state index contributed by atoms with van der Waals surface area (Å²) in [6.07, 6.45) is 3.87. The number of ether oxygens (including phenoxy) is 1. The van der Waals surface area contributed by atoms with Crippen molar-refractivity contribution in [1.82, 2.24) is 19.7 Å². The summed E-state index contributed by atoms with van der Waals surface area (Å²) in [5.74, 6) is 1.06. The number of nitrogens with zero attached hydrogens (tertiary/aromatic N) is 5. The van der Waals surface area contributed by atoms with E-state index in [1.165, 1.54) is 0 Å².